The van der Waals surface area contributed by atoms with Gasteiger partial charge in [-0.1, -0.05) is 18.2 Å². The number of aliphatic hydroxyl groups is 1. The van der Waals surface area contributed by atoms with Crippen LogP contribution in [0.3, 0.4) is 0 Å². The topological polar surface area (TPSA) is 47.3 Å². The van der Waals surface area contributed by atoms with Crippen LogP contribution in [0.4, 0.5) is 13.2 Å². The van der Waals surface area contributed by atoms with Crippen molar-refractivity contribution >= 4 is 0 Å². The van der Waals surface area contributed by atoms with Gasteiger partial charge in [0.05, 0.1) is 6.54 Å². The second-order valence-corrected chi connectivity index (χ2v) is 5.20. The van der Waals surface area contributed by atoms with Gasteiger partial charge in [-0.3, -0.25) is 4.68 Å². The summed E-state index contributed by atoms with van der Waals surface area (Å²) in [4.78, 5) is 0. The van der Waals surface area contributed by atoms with E-state index in [-0.39, 0.29) is 38.2 Å². The van der Waals surface area contributed by atoms with E-state index in [9.17, 15) is 13.2 Å². The molecule has 0 bridgehead atoms. The second kappa shape index (κ2) is 7.50. The molecule has 23 heavy (non-hydrogen) atoms. The first-order valence-electron chi connectivity index (χ1n) is 7.34. The molecule has 0 atom stereocenters. The highest BCUT2D eigenvalue weighted by Gasteiger charge is 2.36. The molecule has 1 aromatic carbocycles. The molecule has 0 aliphatic carbocycles. The van der Waals surface area contributed by atoms with Gasteiger partial charge < -0.3 is 9.84 Å². The van der Waals surface area contributed by atoms with Gasteiger partial charge in [-0.25, -0.2) is 0 Å². The van der Waals surface area contributed by atoms with Gasteiger partial charge in [0.2, 0.25) is 0 Å². The average molecular weight is 328 g/mol. The van der Waals surface area contributed by atoms with Crippen molar-refractivity contribution in [3.05, 3.63) is 47.3 Å². The molecule has 2 aromatic rings. The normalized spacial score (nSPS) is 11.7. The predicted octanol–water partition coefficient (Wildman–Crippen LogP) is 3.21. The molecule has 0 aliphatic heterocycles. The van der Waals surface area contributed by atoms with Crippen LogP contribution in [0.25, 0.3) is 0 Å². The fourth-order valence-electron chi connectivity index (χ4n) is 2.24. The molecule has 1 N–H and O–H groups in total. The summed E-state index contributed by atoms with van der Waals surface area (Å²) in [5.74, 6) is 0.705. The van der Waals surface area contributed by atoms with E-state index in [2.05, 4.69) is 5.10 Å². The van der Waals surface area contributed by atoms with E-state index in [4.69, 9.17) is 9.84 Å². The van der Waals surface area contributed by atoms with Crippen LogP contribution in [0.1, 0.15) is 23.2 Å². The number of aliphatic hydroxyl groups excluding tert-OH is 1. The van der Waals surface area contributed by atoms with Crippen LogP contribution in [0, 0.1) is 6.92 Å². The Hall–Kier alpha value is -2.02. The van der Waals surface area contributed by atoms with Crippen LogP contribution in [-0.2, 0) is 19.1 Å². The maximum absolute atomic E-state index is 13.0. The molecule has 0 fully saturated rings. The Labute approximate surface area is 132 Å². The first kappa shape index (κ1) is 17.3. The van der Waals surface area contributed by atoms with E-state index in [1.54, 1.807) is 0 Å². The lowest BCUT2D eigenvalue weighted by atomic mass is 10.1. The maximum atomic E-state index is 13.0. The minimum Gasteiger partial charge on any atom is -0.491 e. The van der Waals surface area contributed by atoms with Gasteiger partial charge in [0.15, 0.2) is 5.69 Å². The lowest BCUT2D eigenvalue weighted by molar-refractivity contribution is -0.142. The highest BCUT2D eigenvalue weighted by molar-refractivity contribution is 5.31. The minimum atomic E-state index is -4.49. The Morgan fingerprint density at radius 1 is 1.26 bits per heavy atom. The Balaban J connectivity index is 2.02. The number of aryl methyl sites for hydroxylation is 2. The third-order valence-corrected chi connectivity index (χ3v) is 3.38. The molecule has 7 heteroatoms. The fraction of sp³-hybridized carbons (Fsp3) is 0.438. The zero-order valence-electron chi connectivity index (χ0n) is 12.8. The quantitative estimate of drug-likeness (QED) is 0.849. The van der Waals surface area contributed by atoms with Crippen molar-refractivity contribution in [1.82, 2.24) is 9.78 Å². The van der Waals surface area contributed by atoms with Gasteiger partial charge in [-0.15, -0.1) is 0 Å². The molecule has 1 heterocycles. The molecule has 2 rings (SSSR count). The summed E-state index contributed by atoms with van der Waals surface area (Å²) in [6, 6.07) is 7.44. The average Bonchev–Trinajstić information content (AvgIpc) is 2.90. The van der Waals surface area contributed by atoms with Gasteiger partial charge in [-0.05, 0) is 31.4 Å². The van der Waals surface area contributed by atoms with Gasteiger partial charge in [0.1, 0.15) is 12.4 Å². The molecule has 4 nitrogen and oxygen atoms in total. The van der Waals surface area contributed by atoms with E-state index in [1.165, 1.54) is 10.9 Å². The van der Waals surface area contributed by atoms with Crippen molar-refractivity contribution < 1.29 is 23.0 Å². The van der Waals surface area contributed by atoms with Crippen molar-refractivity contribution in [3.63, 3.8) is 0 Å². The van der Waals surface area contributed by atoms with Crippen molar-refractivity contribution in [2.75, 3.05) is 13.2 Å². The molecule has 1 aromatic heterocycles. The van der Waals surface area contributed by atoms with E-state index in [0.29, 0.717) is 5.75 Å². The standard InChI is InChI=1S/C16H19F3N2O2/c1-12-5-2-3-7-14(12)23-10-8-21-11-13(6-4-9-22)15(20-21)16(17,18)19/h2-3,5,7,11,22H,4,6,8-10H2,1H3. The molecular weight excluding hydrogens is 309 g/mol. The number of benzene rings is 1. The van der Waals surface area contributed by atoms with Gasteiger partial charge in [0.25, 0.3) is 0 Å². The summed E-state index contributed by atoms with van der Waals surface area (Å²) in [6.45, 7) is 2.19. The second-order valence-electron chi connectivity index (χ2n) is 5.20. The minimum absolute atomic E-state index is 0.0995. The fourth-order valence-corrected chi connectivity index (χ4v) is 2.24. The number of hydrogen-bond donors (Lipinski definition) is 1. The number of aromatic nitrogens is 2. The summed E-state index contributed by atoms with van der Waals surface area (Å²) in [6.07, 6.45) is -2.70. The number of rotatable bonds is 7. The van der Waals surface area contributed by atoms with E-state index in [0.717, 1.165) is 5.56 Å². The van der Waals surface area contributed by atoms with Gasteiger partial charge in [-0.2, -0.15) is 18.3 Å². The Bertz CT molecular complexity index is 638. The van der Waals surface area contributed by atoms with E-state index in [1.807, 2.05) is 31.2 Å². The summed E-state index contributed by atoms with van der Waals surface area (Å²) in [5.41, 5.74) is 0.178. The molecule has 0 amide bonds. The molecule has 0 saturated carbocycles. The number of ether oxygens (including phenoxy) is 1. The third-order valence-electron chi connectivity index (χ3n) is 3.38. The Kier molecular flexibility index (Phi) is 5.65. The molecule has 0 saturated heterocycles. The molecule has 0 aliphatic rings. The van der Waals surface area contributed by atoms with Crippen LogP contribution in [-0.4, -0.2) is 28.1 Å². The van der Waals surface area contributed by atoms with E-state index < -0.39 is 11.9 Å². The van der Waals surface area contributed by atoms with Crippen LogP contribution in [0.2, 0.25) is 0 Å². The SMILES string of the molecule is Cc1ccccc1OCCn1cc(CCCO)c(C(F)(F)F)n1. The first-order valence-corrected chi connectivity index (χ1v) is 7.34. The van der Waals surface area contributed by atoms with Crippen LogP contribution < -0.4 is 4.74 Å². The summed E-state index contributed by atoms with van der Waals surface area (Å²) >= 11 is 0. The van der Waals surface area contributed by atoms with Crippen molar-refractivity contribution in [3.8, 4) is 5.75 Å². The molecule has 126 valence electrons. The van der Waals surface area contributed by atoms with Crippen LogP contribution in [0.15, 0.2) is 30.5 Å². The zero-order chi connectivity index (χ0) is 16.9. The highest BCUT2D eigenvalue weighted by atomic mass is 19.4. The largest absolute Gasteiger partial charge is 0.491 e. The van der Waals surface area contributed by atoms with Crippen molar-refractivity contribution in [1.29, 1.82) is 0 Å². The number of alkyl halides is 3. The summed E-state index contributed by atoms with van der Waals surface area (Å²) in [5, 5.41) is 12.4. The molecular formula is C16H19F3N2O2. The summed E-state index contributed by atoms with van der Waals surface area (Å²) < 4.78 is 45.7. The Morgan fingerprint density at radius 2 is 2.00 bits per heavy atom. The zero-order valence-corrected chi connectivity index (χ0v) is 12.8. The smallest absolute Gasteiger partial charge is 0.435 e. The van der Waals surface area contributed by atoms with E-state index >= 15 is 0 Å². The van der Waals surface area contributed by atoms with Crippen molar-refractivity contribution in [2.24, 2.45) is 0 Å². The highest BCUT2D eigenvalue weighted by Crippen LogP contribution is 2.31. The first-order chi connectivity index (χ1) is 10.9. The lowest BCUT2D eigenvalue weighted by Crippen LogP contribution is -2.12. The van der Waals surface area contributed by atoms with Crippen LogP contribution >= 0.6 is 0 Å². The van der Waals surface area contributed by atoms with Crippen molar-refractivity contribution in [2.45, 2.75) is 32.5 Å². The number of hydrogen-bond acceptors (Lipinski definition) is 3. The lowest BCUT2D eigenvalue weighted by Gasteiger charge is -2.08. The monoisotopic (exact) mass is 328 g/mol. The van der Waals surface area contributed by atoms with Crippen LogP contribution in [0.5, 0.6) is 5.75 Å². The van der Waals surface area contributed by atoms with Gasteiger partial charge >= 0.3 is 6.18 Å². The number of para-hydroxylation sites is 1. The predicted molar refractivity (Wildman–Crippen MR) is 79.3 cm³/mol. The third kappa shape index (κ3) is 4.72. The number of nitrogens with zero attached hydrogens (tertiary/aromatic N) is 2. The molecule has 0 unspecified atom stereocenters. The molecule has 0 spiro atoms. The maximum Gasteiger partial charge on any atom is 0.435 e. The van der Waals surface area contributed by atoms with Gasteiger partial charge in [0, 0.05) is 18.4 Å². The molecule has 0 radical (unpaired) electrons. The Morgan fingerprint density at radius 3 is 2.65 bits per heavy atom. The summed E-state index contributed by atoms with van der Waals surface area (Å²) in [7, 11) is 0. The number of halogens is 3.